The van der Waals surface area contributed by atoms with Crippen LogP contribution in [-0.4, -0.2) is 42.1 Å². The Morgan fingerprint density at radius 1 is 1.38 bits per heavy atom. The monoisotopic (exact) mass is 221 g/mol. The second kappa shape index (κ2) is 6.23. The number of hydrogen-bond donors (Lipinski definition) is 0. The number of aromatic nitrogens is 2. The largest absolute Gasteiger partial charge is 0.463 e. The molecule has 88 valence electrons. The summed E-state index contributed by atoms with van der Waals surface area (Å²) in [7, 11) is 4.08. The van der Waals surface area contributed by atoms with Crippen LogP contribution in [0.4, 0.5) is 0 Å². The van der Waals surface area contributed by atoms with E-state index in [1.165, 1.54) is 0 Å². The summed E-state index contributed by atoms with van der Waals surface area (Å²) >= 11 is 0. The van der Waals surface area contributed by atoms with E-state index in [2.05, 4.69) is 21.4 Å². The molecule has 0 saturated heterocycles. The molecule has 0 radical (unpaired) electrons. The first-order valence-corrected chi connectivity index (χ1v) is 5.35. The van der Waals surface area contributed by atoms with Crippen molar-refractivity contribution in [2.75, 3.05) is 27.2 Å². The lowest BCUT2D eigenvalue weighted by molar-refractivity contribution is 0.263. The van der Waals surface area contributed by atoms with Gasteiger partial charge in [-0.15, -0.1) is 0 Å². The third-order valence-electron chi connectivity index (χ3n) is 2.10. The zero-order valence-electron chi connectivity index (χ0n) is 10.2. The molecule has 1 heterocycles. The maximum Gasteiger partial charge on any atom is 0.316 e. The molecule has 0 amide bonds. The van der Waals surface area contributed by atoms with E-state index in [-0.39, 0.29) is 0 Å². The van der Waals surface area contributed by atoms with Crippen LogP contribution >= 0.6 is 0 Å². The molecule has 0 spiro atoms. The summed E-state index contributed by atoms with van der Waals surface area (Å²) in [5.41, 5.74) is 1.90. The number of rotatable bonds is 6. The van der Waals surface area contributed by atoms with E-state index in [0.29, 0.717) is 12.6 Å². The molecular formula is C12H19N3O. The quantitative estimate of drug-likeness (QED) is 0.687. The predicted molar refractivity (Wildman–Crippen MR) is 65.4 cm³/mol. The fourth-order valence-corrected chi connectivity index (χ4v) is 1.16. The Hall–Kier alpha value is -1.42. The molecule has 0 aliphatic carbocycles. The molecular weight excluding hydrogens is 202 g/mol. The molecule has 0 saturated carbocycles. The van der Waals surface area contributed by atoms with E-state index in [1.54, 1.807) is 12.4 Å². The number of ether oxygens (including phenoxy) is 1. The SMILES string of the molecule is C=C(C)c1cnc(OCCCN(C)C)nc1. The fraction of sp³-hybridized carbons (Fsp3) is 0.500. The van der Waals surface area contributed by atoms with Gasteiger partial charge in [0.15, 0.2) is 0 Å². The second-order valence-corrected chi connectivity index (χ2v) is 4.04. The lowest BCUT2D eigenvalue weighted by atomic mass is 10.2. The van der Waals surface area contributed by atoms with Crippen LogP contribution in [0, 0.1) is 0 Å². The summed E-state index contributed by atoms with van der Waals surface area (Å²) in [6.45, 7) is 7.40. The van der Waals surface area contributed by atoms with Crippen molar-refractivity contribution in [3.05, 3.63) is 24.5 Å². The number of allylic oxidation sites excluding steroid dienone is 1. The molecule has 0 unspecified atom stereocenters. The van der Waals surface area contributed by atoms with Crippen LogP contribution in [0.15, 0.2) is 19.0 Å². The van der Waals surface area contributed by atoms with Crippen molar-refractivity contribution in [2.45, 2.75) is 13.3 Å². The topological polar surface area (TPSA) is 38.2 Å². The third kappa shape index (κ3) is 4.40. The van der Waals surface area contributed by atoms with Gasteiger partial charge in [-0.1, -0.05) is 6.58 Å². The smallest absolute Gasteiger partial charge is 0.316 e. The Morgan fingerprint density at radius 2 is 2.00 bits per heavy atom. The molecule has 0 N–H and O–H groups in total. The Kier molecular flexibility index (Phi) is 4.92. The summed E-state index contributed by atoms with van der Waals surface area (Å²) in [5, 5.41) is 0. The average molecular weight is 221 g/mol. The minimum absolute atomic E-state index is 0.434. The van der Waals surface area contributed by atoms with Crippen molar-refractivity contribution in [1.29, 1.82) is 0 Å². The molecule has 0 bridgehead atoms. The van der Waals surface area contributed by atoms with Crippen LogP contribution in [0.2, 0.25) is 0 Å². The van der Waals surface area contributed by atoms with Crippen molar-refractivity contribution in [3.63, 3.8) is 0 Å². The highest BCUT2D eigenvalue weighted by atomic mass is 16.5. The second-order valence-electron chi connectivity index (χ2n) is 4.04. The van der Waals surface area contributed by atoms with Crippen molar-refractivity contribution >= 4 is 5.57 Å². The minimum atomic E-state index is 0.434. The molecule has 1 aromatic heterocycles. The van der Waals surface area contributed by atoms with E-state index < -0.39 is 0 Å². The van der Waals surface area contributed by atoms with E-state index >= 15 is 0 Å². The van der Waals surface area contributed by atoms with Gasteiger partial charge in [0.25, 0.3) is 0 Å². The Labute approximate surface area is 97.0 Å². The Morgan fingerprint density at radius 3 is 2.50 bits per heavy atom. The fourth-order valence-electron chi connectivity index (χ4n) is 1.16. The van der Waals surface area contributed by atoms with Crippen molar-refractivity contribution < 1.29 is 4.74 Å². The van der Waals surface area contributed by atoms with Crippen LogP contribution in [0.1, 0.15) is 18.9 Å². The summed E-state index contributed by atoms with van der Waals surface area (Å²) in [4.78, 5) is 10.3. The van der Waals surface area contributed by atoms with E-state index in [9.17, 15) is 0 Å². The lowest BCUT2D eigenvalue weighted by Crippen LogP contribution is -2.15. The van der Waals surface area contributed by atoms with Gasteiger partial charge in [0.05, 0.1) is 6.61 Å². The van der Waals surface area contributed by atoms with Crippen molar-refractivity contribution in [2.24, 2.45) is 0 Å². The van der Waals surface area contributed by atoms with Crippen LogP contribution in [0.25, 0.3) is 5.57 Å². The van der Waals surface area contributed by atoms with Gasteiger partial charge in [-0.3, -0.25) is 0 Å². The molecule has 1 rings (SSSR count). The van der Waals surface area contributed by atoms with Gasteiger partial charge in [0.1, 0.15) is 0 Å². The summed E-state index contributed by atoms with van der Waals surface area (Å²) in [6, 6.07) is 0.434. The summed E-state index contributed by atoms with van der Waals surface area (Å²) in [5.74, 6) is 0. The molecule has 0 aliphatic rings. The number of nitrogens with zero attached hydrogens (tertiary/aromatic N) is 3. The first-order chi connectivity index (χ1) is 7.59. The average Bonchev–Trinajstić information content (AvgIpc) is 2.25. The standard InChI is InChI=1S/C12H19N3O/c1-10(2)11-8-13-12(14-9-11)16-7-5-6-15(3)4/h8-9H,1,5-7H2,2-4H3. The van der Waals surface area contributed by atoms with Gasteiger partial charge in [0.2, 0.25) is 0 Å². The molecule has 0 fully saturated rings. The van der Waals surface area contributed by atoms with Crippen LogP contribution in [0.3, 0.4) is 0 Å². The third-order valence-corrected chi connectivity index (χ3v) is 2.10. The van der Waals surface area contributed by atoms with Crippen molar-refractivity contribution in [3.8, 4) is 6.01 Å². The Balaban J connectivity index is 2.35. The van der Waals surface area contributed by atoms with Gasteiger partial charge >= 0.3 is 6.01 Å². The maximum atomic E-state index is 5.41. The molecule has 1 aromatic rings. The van der Waals surface area contributed by atoms with Crippen LogP contribution < -0.4 is 4.74 Å². The highest BCUT2D eigenvalue weighted by Gasteiger charge is 1.99. The summed E-state index contributed by atoms with van der Waals surface area (Å²) in [6.07, 6.45) is 4.44. The van der Waals surface area contributed by atoms with E-state index in [4.69, 9.17) is 4.74 Å². The lowest BCUT2D eigenvalue weighted by Gasteiger charge is -2.09. The van der Waals surface area contributed by atoms with Gasteiger partial charge in [-0.2, -0.15) is 0 Å². The maximum absolute atomic E-state index is 5.41. The zero-order chi connectivity index (χ0) is 12.0. The van der Waals surface area contributed by atoms with Crippen LogP contribution in [0.5, 0.6) is 6.01 Å². The first-order valence-electron chi connectivity index (χ1n) is 5.35. The van der Waals surface area contributed by atoms with E-state index in [1.807, 2.05) is 21.0 Å². The zero-order valence-corrected chi connectivity index (χ0v) is 10.2. The molecule has 4 nitrogen and oxygen atoms in total. The minimum Gasteiger partial charge on any atom is -0.463 e. The molecule has 0 aliphatic heterocycles. The van der Waals surface area contributed by atoms with E-state index in [0.717, 1.165) is 24.1 Å². The molecule has 0 aromatic carbocycles. The summed E-state index contributed by atoms with van der Waals surface area (Å²) < 4.78 is 5.41. The van der Waals surface area contributed by atoms with Gasteiger partial charge in [-0.25, -0.2) is 9.97 Å². The molecule has 16 heavy (non-hydrogen) atoms. The Bertz CT molecular complexity index is 333. The van der Waals surface area contributed by atoms with Gasteiger partial charge < -0.3 is 9.64 Å². The molecule has 0 atom stereocenters. The molecule has 4 heteroatoms. The van der Waals surface area contributed by atoms with Crippen molar-refractivity contribution in [1.82, 2.24) is 14.9 Å². The van der Waals surface area contributed by atoms with Gasteiger partial charge in [0, 0.05) is 24.5 Å². The van der Waals surface area contributed by atoms with Gasteiger partial charge in [-0.05, 0) is 33.0 Å². The van der Waals surface area contributed by atoms with Crippen LogP contribution in [-0.2, 0) is 0 Å². The predicted octanol–water partition coefficient (Wildman–Crippen LogP) is 1.84. The highest BCUT2D eigenvalue weighted by Crippen LogP contribution is 2.10. The normalized spacial score (nSPS) is 10.5. The first kappa shape index (κ1) is 12.6. The highest BCUT2D eigenvalue weighted by molar-refractivity contribution is 5.59. The number of hydrogen-bond acceptors (Lipinski definition) is 4.